The van der Waals surface area contributed by atoms with Gasteiger partial charge in [0.05, 0.1) is 0 Å². The molecule has 0 nitrogen and oxygen atoms in total. The Morgan fingerprint density at radius 3 is 2.08 bits per heavy atom. The van der Waals surface area contributed by atoms with E-state index in [-0.39, 0.29) is 0 Å². The van der Waals surface area contributed by atoms with Crippen LogP contribution in [0.5, 0.6) is 0 Å². The Hall–Kier alpha value is -1.56. The van der Waals surface area contributed by atoms with E-state index in [0.29, 0.717) is 0 Å². The first-order valence-corrected chi connectivity index (χ1v) is 4.07. The Morgan fingerprint density at radius 2 is 1.25 bits per heavy atom. The van der Waals surface area contributed by atoms with E-state index in [2.05, 4.69) is 30.4 Å². The largest absolute Gasteiger partial charge is 0.0623 e. The van der Waals surface area contributed by atoms with Gasteiger partial charge in [0, 0.05) is 0 Å². The first-order valence-electron chi connectivity index (χ1n) is 4.07. The number of hydrogen-bond donors (Lipinski definition) is 0. The monoisotopic (exact) mass is 154 g/mol. The van der Waals surface area contributed by atoms with Crippen LogP contribution in [0.15, 0.2) is 71.9 Å². The molecule has 0 amide bonds. The molecule has 2 aliphatic carbocycles. The van der Waals surface area contributed by atoms with E-state index < -0.39 is 0 Å². The van der Waals surface area contributed by atoms with Crippen molar-refractivity contribution in [2.75, 3.05) is 0 Å². The summed E-state index contributed by atoms with van der Waals surface area (Å²) in [6, 6.07) is 0. The normalized spacial score (nSPS) is 19.3. The van der Waals surface area contributed by atoms with Gasteiger partial charge in [0.15, 0.2) is 0 Å². The van der Waals surface area contributed by atoms with Gasteiger partial charge in [0.2, 0.25) is 0 Å². The average Bonchev–Trinajstić information content (AvgIpc) is 2.78. The van der Waals surface area contributed by atoms with Crippen LogP contribution >= 0.6 is 0 Å². The van der Waals surface area contributed by atoms with Crippen molar-refractivity contribution in [3.8, 4) is 0 Å². The van der Waals surface area contributed by atoms with Crippen LogP contribution in [0, 0.1) is 0 Å². The minimum atomic E-state index is 1.34. The fourth-order valence-corrected chi connectivity index (χ4v) is 1.06. The Kier molecular flexibility index (Phi) is 1.91. The Balaban J connectivity index is 2.20. The number of allylic oxidation sites excluding steroid dienone is 12. The molecule has 0 radical (unpaired) electrons. The molecule has 58 valence electrons. The van der Waals surface area contributed by atoms with Gasteiger partial charge in [-0.05, 0) is 17.2 Å². The second-order valence-corrected chi connectivity index (χ2v) is 2.74. The van der Waals surface area contributed by atoms with Gasteiger partial charge in [-0.3, -0.25) is 0 Å². The van der Waals surface area contributed by atoms with E-state index in [1.807, 2.05) is 30.4 Å². The molecule has 0 aromatic rings. The maximum atomic E-state index is 2.17. The van der Waals surface area contributed by atoms with Gasteiger partial charge < -0.3 is 0 Å². The van der Waals surface area contributed by atoms with Gasteiger partial charge >= 0.3 is 0 Å². The molecule has 0 bridgehead atoms. The Morgan fingerprint density at radius 1 is 0.583 bits per heavy atom. The second kappa shape index (κ2) is 3.22. The van der Waals surface area contributed by atoms with E-state index in [1.54, 1.807) is 0 Å². The summed E-state index contributed by atoms with van der Waals surface area (Å²) in [6.07, 6.45) is 20.7. The highest BCUT2D eigenvalue weighted by Gasteiger charge is 2.10. The molecule has 12 heavy (non-hydrogen) atoms. The summed E-state index contributed by atoms with van der Waals surface area (Å²) in [5.41, 5.74) is 2.68. The van der Waals surface area contributed by atoms with Crippen LogP contribution in [-0.4, -0.2) is 0 Å². The fourth-order valence-electron chi connectivity index (χ4n) is 1.06. The van der Waals surface area contributed by atoms with Crippen molar-refractivity contribution in [2.45, 2.75) is 0 Å². The lowest BCUT2D eigenvalue weighted by Crippen LogP contribution is -1.55. The van der Waals surface area contributed by atoms with Gasteiger partial charge in [-0.25, -0.2) is 0 Å². The van der Waals surface area contributed by atoms with Gasteiger partial charge in [-0.1, -0.05) is 54.7 Å². The van der Waals surface area contributed by atoms with Crippen molar-refractivity contribution in [2.24, 2.45) is 0 Å². The third kappa shape index (κ3) is 1.73. The number of fused-ring (bicyclic) bond motifs is 1. The molecule has 0 aromatic carbocycles. The smallest absolute Gasteiger partial charge is 0.0178 e. The first-order chi connectivity index (χ1) is 5.97. The predicted molar refractivity (Wildman–Crippen MR) is 52.7 cm³/mol. The molecule has 0 saturated heterocycles. The zero-order chi connectivity index (χ0) is 8.23. The van der Waals surface area contributed by atoms with Gasteiger partial charge in [0.25, 0.3) is 0 Å². The quantitative estimate of drug-likeness (QED) is 0.503. The van der Waals surface area contributed by atoms with E-state index in [4.69, 9.17) is 0 Å². The maximum absolute atomic E-state index is 2.17. The number of rotatable bonds is 0. The van der Waals surface area contributed by atoms with E-state index in [9.17, 15) is 0 Å². The topological polar surface area (TPSA) is 0 Å². The third-order valence-corrected chi connectivity index (χ3v) is 1.78. The summed E-state index contributed by atoms with van der Waals surface area (Å²) in [6.45, 7) is 0. The summed E-state index contributed by atoms with van der Waals surface area (Å²) in [5.74, 6) is 0. The zero-order valence-electron chi connectivity index (χ0n) is 6.77. The standard InChI is InChI=1S/C12H10/c1-2-4-6-8-11-10-12(11)9-7-5-3-1/h1-10H. The molecule has 0 aromatic heterocycles. The highest BCUT2D eigenvalue weighted by atomic mass is 14.1. The molecule has 0 atom stereocenters. The van der Waals surface area contributed by atoms with Crippen molar-refractivity contribution in [3.63, 3.8) is 0 Å². The highest BCUT2D eigenvalue weighted by Crippen LogP contribution is 2.28. The summed E-state index contributed by atoms with van der Waals surface area (Å²) < 4.78 is 0. The van der Waals surface area contributed by atoms with Crippen LogP contribution in [0.4, 0.5) is 0 Å². The molecule has 0 aliphatic heterocycles. The summed E-state index contributed by atoms with van der Waals surface area (Å²) in [7, 11) is 0. The van der Waals surface area contributed by atoms with Crippen LogP contribution in [0.2, 0.25) is 0 Å². The molecular formula is C12H10. The maximum Gasteiger partial charge on any atom is -0.0178 e. The van der Waals surface area contributed by atoms with Crippen LogP contribution in [0.3, 0.4) is 0 Å². The Labute approximate surface area is 72.6 Å². The molecule has 0 saturated carbocycles. The molecule has 0 N–H and O–H groups in total. The van der Waals surface area contributed by atoms with Gasteiger partial charge in [-0.15, -0.1) is 0 Å². The lowest BCUT2D eigenvalue weighted by molar-refractivity contribution is 1.80. The van der Waals surface area contributed by atoms with Crippen molar-refractivity contribution >= 4 is 0 Å². The van der Waals surface area contributed by atoms with Crippen molar-refractivity contribution in [1.82, 2.24) is 0 Å². The van der Waals surface area contributed by atoms with E-state index >= 15 is 0 Å². The molecule has 2 rings (SSSR count). The second-order valence-electron chi connectivity index (χ2n) is 2.74. The van der Waals surface area contributed by atoms with Crippen molar-refractivity contribution in [3.05, 3.63) is 71.9 Å². The minimum absolute atomic E-state index is 1.34. The molecule has 0 heteroatoms. The fraction of sp³-hybridized carbons (Fsp3) is 0. The highest BCUT2D eigenvalue weighted by molar-refractivity contribution is 5.64. The molecule has 0 unspecified atom stereocenters. The SMILES string of the molecule is C1=CC=CC=C2C=C2C=CC=C1. The lowest BCUT2D eigenvalue weighted by atomic mass is 10.3. The van der Waals surface area contributed by atoms with Gasteiger partial charge in [-0.2, -0.15) is 0 Å². The Bertz CT molecular complexity index is 344. The van der Waals surface area contributed by atoms with E-state index in [0.717, 1.165) is 0 Å². The van der Waals surface area contributed by atoms with Crippen molar-refractivity contribution in [1.29, 1.82) is 0 Å². The summed E-state index contributed by atoms with van der Waals surface area (Å²) in [4.78, 5) is 0. The van der Waals surface area contributed by atoms with Crippen LogP contribution < -0.4 is 0 Å². The third-order valence-electron chi connectivity index (χ3n) is 1.78. The first kappa shape index (κ1) is 7.11. The van der Waals surface area contributed by atoms with Crippen LogP contribution in [0.25, 0.3) is 0 Å². The predicted octanol–water partition coefficient (Wildman–Crippen LogP) is 3.09. The molecule has 0 heterocycles. The average molecular weight is 154 g/mol. The molecule has 2 aliphatic rings. The number of hydrogen-bond acceptors (Lipinski definition) is 0. The minimum Gasteiger partial charge on any atom is -0.0623 e. The zero-order valence-corrected chi connectivity index (χ0v) is 6.77. The van der Waals surface area contributed by atoms with Gasteiger partial charge in [0.1, 0.15) is 0 Å². The van der Waals surface area contributed by atoms with Crippen molar-refractivity contribution < 1.29 is 0 Å². The molecule has 0 spiro atoms. The lowest BCUT2D eigenvalue weighted by Gasteiger charge is -1.75. The summed E-state index contributed by atoms with van der Waals surface area (Å²) in [5, 5.41) is 0. The molecular weight excluding hydrogens is 144 g/mol. The van der Waals surface area contributed by atoms with E-state index in [1.165, 1.54) is 11.1 Å². The van der Waals surface area contributed by atoms with Crippen LogP contribution in [0.1, 0.15) is 0 Å². The van der Waals surface area contributed by atoms with Crippen LogP contribution in [-0.2, 0) is 0 Å². The molecule has 0 fully saturated rings. The summed E-state index contributed by atoms with van der Waals surface area (Å²) >= 11 is 0.